The minimum absolute atomic E-state index is 0.158. The number of rotatable bonds is 4. The Bertz CT molecular complexity index is 878. The maximum Gasteiger partial charge on any atom is 0.251 e. The molecule has 1 aliphatic rings. The van der Waals surface area contributed by atoms with Gasteiger partial charge in [-0.15, -0.1) is 11.3 Å². The van der Waals surface area contributed by atoms with Crippen molar-refractivity contribution >= 4 is 17.2 Å². The van der Waals surface area contributed by atoms with E-state index in [9.17, 15) is 4.79 Å². The van der Waals surface area contributed by atoms with Crippen LogP contribution in [0, 0.1) is 0 Å². The van der Waals surface area contributed by atoms with Gasteiger partial charge in [-0.1, -0.05) is 6.07 Å². The summed E-state index contributed by atoms with van der Waals surface area (Å²) in [7, 11) is 0. The maximum atomic E-state index is 12.3. The zero-order chi connectivity index (χ0) is 16.4. The highest BCUT2D eigenvalue weighted by atomic mass is 32.1. The number of pyridine rings is 1. The molecule has 1 amide bonds. The van der Waals surface area contributed by atoms with Gasteiger partial charge in [-0.25, -0.2) is 0 Å². The Balaban J connectivity index is 1.45. The Morgan fingerprint density at radius 2 is 2.08 bits per heavy atom. The average molecular weight is 338 g/mol. The van der Waals surface area contributed by atoms with Gasteiger partial charge in [0.15, 0.2) is 11.5 Å². The predicted octanol–water partition coefficient (Wildman–Crippen LogP) is 3.47. The van der Waals surface area contributed by atoms with Crippen LogP contribution in [0.1, 0.15) is 15.9 Å². The summed E-state index contributed by atoms with van der Waals surface area (Å²) in [6.45, 7) is 0.612. The molecule has 0 aliphatic carbocycles. The quantitative estimate of drug-likeness (QED) is 0.791. The number of nitrogens with zero attached hydrogens (tertiary/aromatic N) is 1. The molecule has 24 heavy (non-hydrogen) atoms. The Hall–Kier alpha value is -2.86. The van der Waals surface area contributed by atoms with Crippen LogP contribution in [0.4, 0.5) is 0 Å². The number of thiophene rings is 1. The fourth-order valence-corrected chi connectivity index (χ4v) is 3.19. The molecule has 4 rings (SSSR count). The van der Waals surface area contributed by atoms with Crippen LogP contribution in [0.5, 0.6) is 11.5 Å². The van der Waals surface area contributed by atoms with Crippen molar-refractivity contribution in [2.24, 2.45) is 0 Å². The van der Waals surface area contributed by atoms with Crippen molar-refractivity contribution in [3.8, 4) is 21.9 Å². The topological polar surface area (TPSA) is 60.5 Å². The molecule has 0 spiro atoms. The molecule has 0 radical (unpaired) electrons. The molecule has 1 aliphatic heterocycles. The van der Waals surface area contributed by atoms with E-state index >= 15 is 0 Å². The van der Waals surface area contributed by atoms with Crippen LogP contribution in [0.25, 0.3) is 10.4 Å². The minimum Gasteiger partial charge on any atom is -0.454 e. The molecule has 2 aromatic heterocycles. The SMILES string of the molecule is O=C(NCc1cncc(-c2cccs2)c1)c1ccc2c(c1)OCO2. The molecule has 1 N–H and O–H groups in total. The number of benzene rings is 1. The number of carbonyl (C=O) groups excluding carboxylic acids is 1. The summed E-state index contributed by atoms with van der Waals surface area (Å²) in [4.78, 5) is 17.7. The number of hydrogen-bond donors (Lipinski definition) is 1. The minimum atomic E-state index is -0.158. The lowest BCUT2D eigenvalue weighted by atomic mass is 10.1. The highest BCUT2D eigenvalue weighted by molar-refractivity contribution is 7.13. The van der Waals surface area contributed by atoms with Crippen molar-refractivity contribution in [2.75, 3.05) is 6.79 Å². The third-order valence-electron chi connectivity index (χ3n) is 3.69. The van der Waals surface area contributed by atoms with Gasteiger partial charge in [0, 0.05) is 34.9 Å². The van der Waals surface area contributed by atoms with E-state index in [4.69, 9.17) is 9.47 Å². The van der Waals surface area contributed by atoms with Crippen LogP contribution < -0.4 is 14.8 Å². The molecule has 0 atom stereocenters. The molecule has 6 heteroatoms. The number of aromatic nitrogens is 1. The van der Waals surface area contributed by atoms with Crippen LogP contribution in [0.2, 0.25) is 0 Å². The molecule has 120 valence electrons. The van der Waals surface area contributed by atoms with Crippen molar-refractivity contribution in [1.29, 1.82) is 0 Å². The predicted molar refractivity (Wildman–Crippen MR) is 91.3 cm³/mol. The van der Waals surface area contributed by atoms with E-state index in [0.29, 0.717) is 23.6 Å². The highest BCUT2D eigenvalue weighted by Gasteiger charge is 2.16. The van der Waals surface area contributed by atoms with Gasteiger partial charge in [-0.2, -0.15) is 0 Å². The number of ether oxygens (including phenoxy) is 2. The summed E-state index contributed by atoms with van der Waals surface area (Å²) in [5.74, 6) is 1.11. The number of carbonyl (C=O) groups is 1. The largest absolute Gasteiger partial charge is 0.454 e. The van der Waals surface area contributed by atoms with Crippen molar-refractivity contribution in [1.82, 2.24) is 10.3 Å². The zero-order valence-electron chi connectivity index (χ0n) is 12.7. The number of fused-ring (bicyclic) bond motifs is 1. The van der Waals surface area contributed by atoms with Crippen LogP contribution in [0.15, 0.2) is 54.2 Å². The molecule has 0 bridgehead atoms. The zero-order valence-corrected chi connectivity index (χ0v) is 13.5. The third kappa shape index (κ3) is 2.96. The molecule has 3 heterocycles. The Labute approximate surface area is 142 Å². The first-order valence-electron chi connectivity index (χ1n) is 7.45. The van der Waals surface area contributed by atoms with Crippen LogP contribution >= 0.6 is 11.3 Å². The van der Waals surface area contributed by atoms with Crippen molar-refractivity contribution in [3.63, 3.8) is 0 Å². The first kappa shape index (κ1) is 14.7. The molecule has 0 saturated carbocycles. The van der Waals surface area contributed by atoms with Crippen molar-refractivity contribution in [3.05, 3.63) is 65.3 Å². The summed E-state index contributed by atoms with van der Waals surface area (Å²) in [6, 6.07) is 11.3. The van der Waals surface area contributed by atoms with E-state index in [-0.39, 0.29) is 12.7 Å². The summed E-state index contributed by atoms with van der Waals surface area (Å²) in [5, 5.41) is 4.94. The molecule has 1 aromatic carbocycles. The van der Waals surface area contributed by atoms with Gasteiger partial charge in [-0.3, -0.25) is 9.78 Å². The second kappa shape index (κ2) is 6.33. The van der Waals surface area contributed by atoms with Gasteiger partial charge < -0.3 is 14.8 Å². The molecule has 0 fully saturated rings. The number of amides is 1. The summed E-state index contributed by atoms with van der Waals surface area (Å²) in [6.07, 6.45) is 3.59. The number of nitrogens with one attached hydrogen (secondary N) is 1. The standard InChI is InChI=1S/C18H14N2O3S/c21-18(13-3-4-15-16(7-13)23-11-22-15)20-9-12-6-14(10-19-8-12)17-2-1-5-24-17/h1-8,10H,9,11H2,(H,20,21). The van der Waals surface area contributed by atoms with E-state index in [1.807, 2.05) is 23.7 Å². The summed E-state index contributed by atoms with van der Waals surface area (Å²) >= 11 is 1.66. The van der Waals surface area contributed by atoms with Crippen LogP contribution in [-0.4, -0.2) is 17.7 Å². The van der Waals surface area contributed by atoms with Gasteiger partial charge in [0.2, 0.25) is 6.79 Å². The molecule has 0 saturated heterocycles. The lowest BCUT2D eigenvalue weighted by molar-refractivity contribution is 0.0950. The first-order chi connectivity index (χ1) is 11.8. The fourth-order valence-electron chi connectivity index (χ4n) is 2.48. The van der Waals surface area contributed by atoms with Crippen molar-refractivity contribution < 1.29 is 14.3 Å². The molecular weight excluding hydrogens is 324 g/mol. The van der Waals surface area contributed by atoms with Gasteiger partial charge in [0.05, 0.1) is 0 Å². The smallest absolute Gasteiger partial charge is 0.251 e. The Morgan fingerprint density at radius 1 is 1.17 bits per heavy atom. The second-order valence-electron chi connectivity index (χ2n) is 5.31. The lowest BCUT2D eigenvalue weighted by Gasteiger charge is -2.07. The fraction of sp³-hybridized carbons (Fsp3) is 0.111. The monoisotopic (exact) mass is 338 g/mol. The van der Waals surface area contributed by atoms with E-state index in [0.717, 1.165) is 16.0 Å². The lowest BCUT2D eigenvalue weighted by Crippen LogP contribution is -2.22. The van der Waals surface area contributed by atoms with Crippen LogP contribution in [-0.2, 0) is 6.54 Å². The summed E-state index contributed by atoms with van der Waals surface area (Å²) in [5.41, 5.74) is 2.55. The Morgan fingerprint density at radius 3 is 2.96 bits per heavy atom. The maximum absolute atomic E-state index is 12.3. The van der Waals surface area contributed by atoms with Gasteiger partial charge in [-0.05, 0) is 41.3 Å². The second-order valence-corrected chi connectivity index (χ2v) is 6.26. The first-order valence-corrected chi connectivity index (χ1v) is 8.33. The molecular formula is C18H14N2O3S. The van der Waals surface area contributed by atoms with E-state index < -0.39 is 0 Å². The van der Waals surface area contributed by atoms with E-state index in [1.165, 1.54) is 0 Å². The molecule has 3 aromatic rings. The van der Waals surface area contributed by atoms with E-state index in [1.54, 1.807) is 35.7 Å². The van der Waals surface area contributed by atoms with Crippen molar-refractivity contribution in [2.45, 2.75) is 6.54 Å². The molecule has 0 unspecified atom stereocenters. The Kier molecular flexibility index (Phi) is 3.88. The normalized spacial score (nSPS) is 12.2. The van der Waals surface area contributed by atoms with Gasteiger partial charge >= 0.3 is 0 Å². The van der Waals surface area contributed by atoms with Crippen LogP contribution in [0.3, 0.4) is 0 Å². The highest BCUT2D eigenvalue weighted by Crippen LogP contribution is 2.32. The number of hydrogen-bond acceptors (Lipinski definition) is 5. The summed E-state index contributed by atoms with van der Waals surface area (Å²) < 4.78 is 10.5. The van der Waals surface area contributed by atoms with Gasteiger partial charge in [0.25, 0.3) is 5.91 Å². The molecule has 5 nitrogen and oxygen atoms in total. The van der Waals surface area contributed by atoms with E-state index in [2.05, 4.69) is 16.4 Å². The third-order valence-corrected chi connectivity index (χ3v) is 4.61. The average Bonchev–Trinajstić information content (AvgIpc) is 3.30. The van der Waals surface area contributed by atoms with Gasteiger partial charge in [0.1, 0.15) is 0 Å².